The van der Waals surface area contributed by atoms with Gasteiger partial charge in [0.15, 0.2) is 0 Å². The van der Waals surface area contributed by atoms with E-state index in [1.165, 1.54) is 6.07 Å². The zero-order valence-electron chi connectivity index (χ0n) is 10.6. The lowest BCUT2D eigenvalue weighted by Crippen LogP contribution is -2.01. The summed E-state index contributed by atoms with van der Waals surface area (Å²) >= 11 is 0. The smallest absolute Gasteiger partial charge is 0.335 e. The van der Waals surface area contributed by atoms with Gasteiger partial charge in [-0.2, -0.15) is 0 Å². The summed E-state index contributed by atoms with van der Waals surface area (Å²) < 4.78 is 15.6. The number of carbonyl (C=O) groups is 1. The first kappa shape index (κ1) is 12.4. The quantitative estimate of drug-likeness (QED) is 0.790. The van der Waals surface area contributed by atoms with Crippen LogP contribution in [0.25, 0.3) is 10.9 Å². The number of fused-ring (bicyclic) bond motifs is 1. The molecule has 3 aromatic rings. The van der Waals surface area contributed by atoms with Crippen molar-refractivity contribution in [3.05, 3.63) is 71.7 Å². The summed E-state index contributed by atoms with van der Waals surface area (Å²) in [6.45, 7) is 0.419. The lowest BCUT2D eigenvalue weighted by atomic mass is 10.1. The van der Waals surface area contributed by atoms with Crippen molar-refractivity contribution in [2.75, 3.05) is 0 Å². The molecule has 0 saturated carbocycles. The van der Waals surface area contributed by atoms with Gasteiger partial charge in [-0.1, -0.05) is 18.2 Å². The molecule has 3 nitrogen and oxygen atoms in total. The molecule has 1 heterocycles. The van der Waals surface area contributed by atoms with Crippen LogP contribution in [0.3, 0.4) is 0 Å². The van der Waals surface area contributed by atoms with Crippen LogP contribution in [0, 0.1) is 5.82 Å². The summed E-state index contributed by atoms with van der Waals surface area (Å²) in [6, 6.07) is 13.4. The number of hydrogen-bond donors (Lipinski definition) is 1. The van der Waals surface area contributed by atoms with E-state index in [1.54, 1.807) is 36.4 Å². The molecule has 0 bridgehead atoms. The largest absolute Gasteiger partial charge is 0.478 e. The van der Waals surface area contributed by atoms with Gasteiger partial charge < -0.3 is 9.67 Å². The minimum Gasteiger partial charge on any atom is -0.478 e. The van der Waals surface area contributed by atoms with E-state index in [9.17, 15) is 9.18 Å². The van der Waals surface area contributed by atoms with Gasteiger partial charge in [-0.05, 0) is 30.3 Å². The predicted octanol–water partition coefficient (Wildman–Crippen LogP) is 3.53. The van der Waals surface area contributed by atoms with E-state index in [1.807, 2.05) is 16.8 Å². The normalized spacial score (nSPS) is 10.8. The SMILES string of the molecule is O=C(O)c1ccc2c(ccn2Cc2ccccc2F)c1. The van der Waals surface area contributed by atoms with Crippen molar-refractivity contribution < 1.29 is 14.3 Å². The Morgan fingerprint density at radius 2 is 1.95 bits per heavy atom. The minimum absolute atomic E-state index is 0.239. The molecule has 0 radical (unpaired) electrons. The number of carboxylic acid groups (broad SMARTS) is 1. The molecule has 0 unspecified atom stereocenters. The Labute approximate surface area is 114 Å². The van der Waals surface area contributed by atoms with Gasteiger partial charge in [-0.3, -0.25) is 0 Å². The number of carboxylic acids is 1. The molecule has 0 amide bonds. The van der Waals surface area contributed by atoms with E-state index < -0.39 is 5.97 Å². The third-order valence-corrected chi connectivity index (χ3v) is 3.32. The monoisotopic (exact) mass is 269 g/mol. The predicted molar refractivity (Wildman–Crippen MR) is 74.4 cm³/mol. The fourth-order valence-corrected chi connectivity index (χ4v) is 2.28. The molecule has 20 heavy (non-hydrogen) atoms. The zero-order chi connectivity index (χ0) is 14.1. The number of aromatic nitrogens is 1. The van der Waals surface area contributed by atoms with Crippen LogP contribution in [0.15, 0.2) is 54.7 Å². The molecule has 0 saturated heterocycles. The van der Waals surface area contributed by atoms with Gasteiger partial charge in [0.05, 0.1) is 12.1 Å². The first-order valence-electron chi connectivity index (χ1n) is 6.21. The van der Waals surface area contributed by atoms with E-state index in [4.69, 9.17) is 5.11 Å². The van der Waals surface area contributed by atoms with E-state index in [2.05, 4.69) is 0 Å². The summed E-state index contributed by atoms with van der Waals surface area (Å²) in [4.78, 5) is 10.9. The Morgan fingerprint density at radius 3 is 2.70 bits per heavy atom. The molecule has 4 heteroatoms. The number of halogens is 1. The van der Waals surface area contributed by atoms with Crippen molar-refractivity contribution in [2.24, 2.45) is 0 Å². The van der Waals surface area contributed by atoms with Crippen molar-refractivity contribution in [1.29, 1.82) is 0 Å². The van der Waals surface area contributed by atoms with Crippen molar-refractivity contribution in [1.82, 2.24) is 4.57 Å². The standard InChI is InChI=1S/C16H12FNO2/c17-14-4-2-1-3-13(14)10-18-8-7-11-9-12(16(19)20)5-6-15(11)18/h1-9H,10H2,(H,19,20). The highest BCUT2D eigenvalue weighted by Gasteiger charge is 2.08. The van der Waals surface area contributed by atoms with E-state index in [-0.39, 0.29) is 11.4 Å². The van der Waals surface area contributed by atoms with Gasteiger partial charge >= 0.3 is 5.97 Å². The van der Waals surface area contributed by atoms with E-state index >= 15 is 0 Å². The first-order chi connectivity index (χ1) is 9.65. The summed E-state index contributed by atoms with van der Waals surface area (Å²) in [5.41, 5.74) is 1.74. The van der Waals surface area contributed by atoms with Crippen molar-refractivity contribution in [2.45, 2.75) is 6.54 Å². The minimum atomic E-state index is -0.950. The van der Waals surface area contributed by atoms with Crippen LogP contribution >= 0.6 is 0 Å². The molecule has 1 aromatic heterocycles. The number of nitrogens with zero attached hydrogens (tertiary/aromatic N) is 1. The maximum absolute atomic E-state index is 13.7. The lowest BCUT2D eigenvalue weighted by molar-refractivity contribution is 0.0697. The lowest BCUT2D eigenvalue weighted by Gasteiger charge is -2.07. The summed E-state index contributed by atoms with van der Waals surface area (Å²) in [5, 5.41) is 9.80. The number of benzene rings is 2. The van der Waals surface area contributed by atoms with Crippen molar-refractivity contribution >= 4 is 16.9 Å². The van der Waals surface area contributed by atoms with Gasteiger partial charge in [0.2, 0.25) is 0 Å². The molecular weight excluding hydrogens is 257 g/mol. The van der Waals surface area contributed by atoms with Crippen molar-refractivity contribution in [3.63, 3.8) is 0 Å². The first-order valence-corrected chi connectivity index (χ1v) is 6.21. The second kappa shape index (κ2) is 4.81. The Bertz CT molecular complexity index is 792. The average molecular weight is 269 g/mol. The van der Waals surface area contributed by atoms with Crippen LogP contribution in [0.5, 0.6) is 0 Å². The van der Waals surface area contributed by atoms with Crippen LogP contribution in [0.4, 0.5) is 4.39 Å². The van der Waals surface area contributed by atoms with Crippen LogP contribution in [0.1, 0.15) is 15.9 Å². The molecular formula is C16H12FNO2. The third kappa shape index (κ3) is 2.16. The molecule has 0 aliphatic heterocycles. The van der Waals surface area contributed by atoms with Crippen molar-refractivity contribution in [3.8, 4) is 0 Å². The van der Waals surface area contributed by atoms with Gasteiger partial charge in [0.1, 0.15) is 5.82 Å². The Balaban J connectivity index is 2.01. The Kier molecular flexibility index (Phi) is 2.99. The molecule has 100 valence electrons. The molecule has 1 N–H and O–H groups in total. The highest BCUT2D eigenvalue weighted by atomic mass is 19.1. The number of rotatable bonds is 3. The fraction of sp³-hybridized carbons (Fsp3) is 0.0625. The Morgan fingerprint density at radius 1 is 1.15 bits per heavy atom. The number of hydrogen-bond acceptors (Lipinski definition) is 1. The Hall–Kier alpha value is -2.62. The average Bonchev–Trinajstić information content (AvgIpc) is 2.84. The fourth-order valence-electron chi connectivity index (χ4n) is 2.28. The maximum Gasteiger partial charge on any atom is 0.335 e. The molecule has 2 aromatic carbocycles. The second-order valence-corrected chi connectivity index (χ2v) is 4.61. The third-order valence-electron chi connectivity index (χ3n) is 3.32. The number of aromatic carboxylic acids is 1. The second-order valence-electron chi connectivity index (χ2n) is 4.61. The summed E-state index contributed by atoms with van der Waals surface area (Å²) in [5.74, 6) is -1.19. The highest BCUT2D eigenvalue weighted by molar-refractivity contribution is 5.93. The van der Waals surface area contributed by atoms with Gasteiger partial charge in [-0.15, -0.1) is 0 Å². The summed E-state index contributed by atoms with van der Waals surface area (Å²) in [7, 11) is 0. The molecule has 0 aliphatic carbocycles. The zero-order valence-corrected chi connectivity index (χ0v) is 10.6. The van der Waals surface area contributed by atoms with Gasteiger partial charge in [0, 0.05) is 22.7 Å². The molecule has 0 fully saturated rings. The highest BCUT2D eigenvalue weighted by Crippen LogP contribution is 2.20. The van der Waals surface area contributed by atoms with Gasteiger partial charge in [0.25, 0.3) is 0 Å². The van der Waals surface area contributed by atoms with Gasteiger partial charge in [-0.25, -0.2) is 9.18 Å². The molecule has 0 aliphatic rings. The van der Waals surface area contributed by atoms with Crippen LogP contribution in [0.2, 0.25) is 0 Å². The van der Waals surface area contributed by atoms with Crippen LogP contribution in [-0.4, -0.2) is 15.6 Å². The van der Waals surface area contributed by atoms with E-state index in [0.717, 1.165) is 10.9 Å². The maximum atomic E-state index is 13.7. The van der Waals surface area contributed by atoms with Crippen LogP contribution in [-0.2, 0) is 6.54 Å². The van der Waals surface area contributed by atoms with Crippen LogP contribution < -0.4 is 0 Å². The molecule has 0 spiro atoms. The van der Waals surface area contributed by atoms with E-state index in [0.29, 0.717) is 12.1 Å². The molecule has 3 rings (SSSR count). The molecule has 0 atom stereocenters. The topological polar surface area (TPSA) is 42.2 Å². The summed E-state index contributed by atoms with van der Waals surface area (Å²) in [6.07, 6.45) is 1.84.